The molecule has 0 aliphatic heterocycles. The predicted molar refractivity (Wildman–Crippen MR) is 127 cm³/mol. The van der Waals surface area contributed by atoms with Crippen LogP contribution in [0.4, 0.5) is 16.0 Å². The summed E-state index contributed by atoms with van der Waals surface area (Å²) in [5.74, 6) is -0.665. The zero-order valence-electron chi connectivity index (χ0n) is 18.1. The first kappa shape index (κ1) is 22.7. The number of rotatable bonds is 5. The molecule has 0 saturated heterocycles. The lowest BCUT2D eigenvalue weighted by molar-refractivity contribution is 0.585. The third kappa shape index (κ3) is 4.69. The van der Waals surface area contributed by atoms with Crippen molar-refractivity contribution < 1.29 is 12.8 Å². The molecule has 0 radical (unpaired) electrons. The number of nitrogens with zero attached hydrogens (tertiary/aromatic N) is 4. The normalized spacial score (nSPS) is 12.0. The minimum Gasteiger partial charge on any atom is -0.368 e. The SMILES string of the molecule is CC(C)(C)c1nc(-c2cccc(NS(=O)(=O)c3cccnc3)c2F)c(-c2ccnc(N)n2)s1. The van der Waals surface area contributed by atoms with Crippen LogP contribution >= 0.6 is 11.3 Å². The van der Waals surface area contributed by atoms with Gasteiger partial charge in [-0.2, -0.15) is 0 Å². The molecule has 0 fully saturated rings. The van der Waals surface area contributed by atoms with Crippen LogP contribution in [-0.2, 0) is 15.4 Å². The van der Waals surface area contributed by atoms with Crippen molar-refractivity contribution in [3.8, 4) is 21.8 Å². The van der Waals surface area contributed by atoms with Crippen molar-refractivity contribution in [3.63, 3.8) is 0 Å². The lowest BCUT2D eigenvalue weighted by Gasteiger charge is -2.13. The molecule has 0 spiro atoms. The van der Waals surface area contributed by atoms with Gasteiger partial charge in [0.1, 0.15) is 4.90 Å². The molecule has 11 heteroatoms. The highest BCUT2D eigenvalue weighted by Gasteiger charge is 2.26. The molecular weight excluding hydrogens is 463 g/mol. The van der Waals surface area contributed by atoms with Gasteiger partial charge in [0.2, 0.25) is 5.95 Å². The molecule has 1 aromatic carbocycles. The lowest BCUT2D eigenvalue weighted by Crippen LogP contribution is -2.14. The highest BCUT2D eigenvalue weighted by atomic mass is 32.2. The smallest absolute Gasteiger partial charge is 0.263 e. The number of hydrogen-bond donors (Lipinski definition) is 2. The Morgan fingerprint density at radius 2 is 1.85 bits per heavy atom. The highest BCUT2D eigenvalue weighted by Crippen LogP contribution is 2.41. The largest absolute Gasteiger partial charge is 0.368 e. The number of nitrogens with two attached hydrogens (primary N) is 1. The van der Waals surface area contributed by atoms with Crippen molar-refractivity contribution in [3.05, 3.63) is 65.8 Å². The van der Waals surface area contributed by atoms with Crippen LogP contribution in [0.1, 0.15) is 25.8 Å². The quantitative estimate of drug-likeness (QED) is 0.428. The molecule has 4 aromatic rings. The van der Waals surface area contributed by atoms with Gasteiger partial charge in [-0.15, -0.1) is 11.3 Å². The van der Waals surface area contributed by atoms with Gasteiger partial charge in [0.05, 0.1) is 27.0 Å². The summed E-state index contributed by atoms with van der Waals surface area (Å²) in [5.41, 5.74) is 6.26. The summed E-state index contributed by atoms with van der Waals surface area (Å²) in [5, 5.41) is 0.769. The zero-order chi connectivity index (χ0) is 23.8. The van der Waals surface area contributed by atoms with Gasteiger partial charge < -0.3 is 5.73 Å². The summed E-state index contributed by atoms with van der Waals surface area (Å²) in [4.78, 5) is 17.2. The first-order valence-corrected chi connectivity index (χ1v) is 12.2. The van der Waals surface area contributed by atoms with Crippen LogP contribution in [0.5, 0.6) is 0 Å². The van der Waals surface area contributed by atoms with E-state index in [2.05, 4.69) is 19.7 Å². The Kier molecular flexibility index (Phi) is 5.85. The Labute approximate surface area is 194 Å². The van der Waals surface area contributed by atoms with Crippen LogP contribution in [0.3, 0.4) is 0 Å². The molecule has 3 N–H and O–H groups in total. The Morgan fingerprint density at radius 3 is 2.52 bits per heavy atom. The van der Waals surface area contributed by atoms with Crippen LogP contribution < -0.4 is 10.5 Å². The molecule has 8 nitrogen and oxygen atoms in total. The maximum absolute atomic E-state index is 15.6. The van der Waals surface area contributed by atoms with Crippen molar-refractivity contribution in [2.75, 3.05) is 10.5 Å². The summed E-state index contributed by atoms with van der Waals surface area (Å²) in [6.45, 7) is 6.01. The van der Waals surface area contributed by atoms with E-state index in [1.165, 1.54) is 48.1 Å². The van der Waals surface area contributed by atoms with Gasteiger partial charge in [-0.05, 0) is 30.3 Å². The van der Waals surface area contributed by atoms with E-state index in [1.807, 2.05) is 20.8 Å². The summed E-state index contributed by atoms with van der Waals surface area (Å²) < 4.78 is 43.4. The third-order valence-electron chi connectivity index (χ3n) is 4.62. The van der Waals surface area contributed by atoms with Crippen LogP contribution in [0.15, 0.2) is 59.9 Å². The standard InChI is InChI=1S/C22H21FN6O2S2/c1-22(2,3)20-28-18(19(32-20)16-9-11-26-21(24)27-16)14-7-4-8-15(17(14)23)29-33(30,31)13-6-5-10-25-12-13/h4-12,29H,1-3H3,(H2,24,26,27). The predicted octanol–water partition coefficient (Wildman–Crippen LogP) is 4.48. The van der Waals surface area contributed by atoms with E-state index >= 15 is 4.39 Å². The van der Waals surface area contributed by atoms with Crippen LogP contribution in [0.2, 0.25) is 0 Å². The Hall–Kier alpha value is -3.44. The average Bonchev–Trinajstić information content (AvgIpc) is 3.22. The molecule has 0 atom stereocenters. The van der Waals surface area contributed by atoms with Gasteiger partial charge >= 0.3 is 0 Å². The molecule has 0 bridgehead atoms. The first-order valence-electron chi connectivity index (χ1n) is 9.88. The number of nitrogens with one attached hydrogen (secondary N) is 1. The van der Waals surface area contributed by atoms with E-state index in [1.54, 1.807) is 18.2 Å². The summed E-state index contributed by atoms with van der Waals surface area (Å²) in [7, 11) is -4.03. The molecule has 170 valence electrons. The molecule has 3 heterocycles. The fraction of sp³-hybridized carbons (Fsp3) is 0.182. The first-order chi connectivity index (χ1) is 15.6. The monoisotopic (exact) mass is 484 g/mol. The van der Waals surface area contributed by atoms with E-state index in [-0.39, 0.29) is 27.5 Å². The number of aromatic nitrogens is 4. The summed E-state index contributed by atoms with van der Waals surface area (Å²) in [6.07, 6.45) is 4.17. The maximum Gasteiger partial charge on any atom is 0.263 e. The molecule has 4 rings (SSSR count). The Bertz CT molecular complexity index is 1420. The second-order valence-corrected chi connectivity index (χ2v) is 10.9. The van der Waals surface area contributed by atoms with Gasteiger partial charge in [0.25, 0.3) is 10.0 Å². The molecule has 33 heavy (non-hydrogen) atoms. The molecular formula is C22H21FN6O2S2. The highest BCUT2D eigenvalue weighted by molar-refractivity contribution is 7.92. The van der Waals surface area contributed by atoms with Gasteiger partial charge in [-0.25, -0.2) is 27.8 Å². The van der Waals surface area contributed by atoms with Crippen molar-refractivity contribution in [2.45, 2.75) is 31.1 Å². The van der Waals surface area contributed by atoms with Crippen molar-refractivity contribution in [1.29, 1.82) is 0 Å². The van der Waals surface area contributed by atoms with Gasteiger partial charge in [0.15, 0.2) is 5.82 Å². The number of anilines is 2. The van der Waals surface area contributed by atoms with Crippen molar-refractivity contribution in [1.82, 2.24) is 19.9 Å². The second kappa shape index (κ2) is 8.49. The fourth-order valence-corrected chi connectivity index (χ4v) is 5.13. The third-order valence-corrected chi connectivity index (χ3v) is 7.47. The number of halogens is 1. The van der Waals surface area contributed by atoms with Gasteiger partial charge in [-0.3, -0.25) is 9.71 Å². The molecule has 0 amide bonds. The topological polar surface area (TPSA) is 124 Å². The van der Waals surface area contributed by atoms with Crippen molar-refractivity contribution in [2.24, 2.45) is 0 Å². The molecule has 0 unspecified atom stereocenters. The van der Waals surface area contributed by atoms with Gasteiger partial charge in [-0.1, -0.05) is 26.8 Å². The number of pyridine rings is 1. The Balaban J connectivity index is 1.84. The number of benzene rings is 1. The number of hydrogen-bond acceptors (Lipinski definition) is 8. The fourth-order valence-electron chi connectivity index (χ4n) is 3.00. The van der Waals surface area contributed by atoms with E-state index in [0.29, 0.717) is 16.3 Å². The van der Waals surface area contributed by atoms with Crippen molar-refractivity contribution >= 4 is 33.0 Å². The van der Waals surface area contributed by atoms with E-state index < -0.39 is 15.8 Å². The van der Waals surface area contributed by atoms with E-state index in [4.69, 9.17) is 10.7 Å². The average molecular weight is 485 g/mol. The molecule has 0 aliphatic rings. The minimum absolute atomic E-state index is 0.0735. The molecule has 0 saturated carbocycles. The summed E-state index contributed by atoms with van der Waals surface area (Å²) in [6, 6.07) is 9.01. The lowest BCUT2D eigenvalue weighted by atomic mass is 9.98. The number of nitrogen functional groups attached to an aromatic ring is 1. The van der Waals surface area contributed by atoms with Gasteiger partial charge in [0, 0.05) is 29.6 Å². The molecule has 3 aromatic heterocycles. The number of thiazole rings is 1. The van der Waals surface area contributed by atoms with E-state index in [0.717, 1.165) is 5.01 Å². The van der Waals surface area contributed by atoms with Crippen LogP contribution in [0, 0.1) is 5.82 Å². The Morgan fingerprint density at radius 1 is 1.06 bits per heavy atom. The zero-order valence-corrected chi connectivity index (χ0v) is 19.7. The second-order valence-electron chi connectivity index (χ2n) is 8.21. The van der Waals surface area contributed by atoms with E-state index in [9.17, 15) is 8.42 Å². The maximum atomic E-state index is 15.6. The van der Waals surface area contributed by atoms with Crippen LogP contribution in [0.25, 0.3) is 21.8 Å². The molecule has 0 aliphatic carbocycles. The summed E-state index contributed by atoms with van der Waals surface area (Å²) >= 11 is 1.38. The van der Waals surface area contributed by atoms with Crippen LogP contribution in [-0.4, -0.2) is 28.4 Å². The minimum atomic E-state index is -4.03. The number of sulfonamides is 1.